The Balaban J connectivity index is 1.84. The highest BCUT2D eigenvalue weighted by atomic mass is 19.1. The molecule has 1 aliphatic rings. The SMILES string of the molecule is COCCC[C@@H]1C[C@H](C)C[C@H](c2ccc(F)c3nccnc23)C1. The molecule has 1 heterocycles. The van der Waals surface area contributed by atoms with Gasteiger partial charge in [0, 0.05) is 26.1 Å². The van der Waals surface area contributed by atoms with Crippen LogP contribution in [-0.4, -0.2) is 23.7 Å². The minimum Gasteiger partial charge on any atom is -0.385 e. The fraction of sp³-hybridized carbons (Fsp3) is 0.579. The summed E-state index contributed by atoms with van der Waals surface area (Å²) in [6, 6.07) is 3.47. The summed E-state index contributed by atoms with van der Waals surface area (Å²) in [4.78, 5) is 8.60. The van der Waals surface area contributed by atoms with Gasteiger partial charge in [0.2, 0.25) is 0 Å². The van der Waals surface area contributed by atoms with Crippen LogP contribution < -0.4 is 0 Å². The fourth-order valence-corrected chi connectivity index (χ4v) is 4.13. The van der Waals surface area contributed by atoms with Crippen LogP contribution in [0.15, 0.2) is 24.5 Å². The van der Waals surface area contributed by atoms with Crippen molar-refractivity contribution in [3.63, 3.8) is 0 Å². The summed E-state index contributed by atoms with van der Waals surface area (Å²) in [6.45, 7) is 3.16. The smallest absolute Gasteiger partial charge is 0.151 e. The monoisotopic (exact) mass is 316 g/mol. The third-order valence-electron chi connectivity index (χ3n) is 5.05. The van der Waals surface area contributed by atoms with E-state index in [4.69, 9.17) is 4.74 Å². The highest BCUT2D eigenvalue weighted by Crippen LogP contribution is 2.42. The highest BCUT2D eigenvalue weighted by molar-refractivity contribution is 5.78. The molecule has 1 aromatic carbocycles. The predicted octanol–water partition coefficient (Wildman–Crippen LogP) is 4.72. The summed E-state index contributed by atoms with van der Waals surface area (Å²) in [6.07, 6.45) is 9.14. The van der Waals surface area contributed by atoms with Crippen LogP contribution in [0.25, 0.3) is 11.0 Å². The maximum Gasteiger partial charge on any atom is 0.151 e. The number of benzene rings is 1. The second-order valence-electron chi connectivity index (χ2n) is 6.90. The lowest BCUT2D eigenvalue weighted by Crippen LogP contribution is -2.21. The number of rotatable bonds is 5. The molecule has 1 fully saturated rings. The zero-order valence-electron chi connectivity index (χ0n) is 14.0. The van der Waals surface area contributed by atoms with Gasteiger partial charge in [-0.3, -0.25) is 4.98 Å². The Morgan fingerprint density at radius 3 is 2.70 bits per heavy atom. The second-order valence-corrected chi connectivity index (χ2v) is 6.90. The number of aromatic nitrogens is 2. The molecule has 0 aliphatic heterocycles. The van der Waals surface area contributed by atoms with Crippen molar-refractivity contribution in [3.05, 3.63) is 35.9 Å². The van der Waals surface area contributed by atoms with E-state index in [0.717, 1.165) is 42.9 Å². The Morgan fingerprint density at radius 2 is 1.91 bits per heavy atom. The maximum atomic E-state index is 14.0. The summed E-state index contributed by atoms with van der Waals surface area (Å²) in [7, 11) is 1.76. The molecule has 0 unspecified atom stereocenters. The van der Waals surface area contributed by atoms with Crippen LogP contribution in [-0.2, 0) is 4.74 Å². The van der Waals surface area contributed by atoms with Gasteiger partial charge in [0.25, 0.3) is 0 Å². The Labute approximate surface area is 137 Å². The van der Waals surface area contributed by atoms with E-state index >= 15 is 0 Å². The molecule has 0 radical (unpaired) electrons. The van der Waals surface area contributed by atoms with Crippen LogP contribution in [0.3, 0.4) is 0 Å². The van der Waals surface area contributed by atoms with Crippen LogP contribution >= 0.6 is 0 Å². The molecule has 4 heteroatoms. The Hall–Kier alpha value is -1.55. The molecule has 124 valence electrons. The van der Waals surface area contributed by atoms with Crippen molar-refractivity contribution in [2.45, 2.75) is 44.9 Å². The standard InChI is InChI=1S/C19H25FN2O/c1-13-10-14(4-3-9-23-2)12-15(11-13)16-5-6-17(20)19-18(16)21-7-8-22-19/h5-8,13-15H,3-4,9-12H2,1-2H3/t13-,14+,15-/m0/s1. The summed E-state index contributed by atoms with van der Waals surface area (Å²) < 4.78 is 19.2. The molecule has 0 spiro atoms. The Morgan fingerprint density at radius 1 is 1.13 bits per heavy atom. The molecule has 3 nitrogen and oxygen atoms in total. The van der Waals surface area contributed by atoms with Gasteiger partial charge in [0.15, 0.2) is 5.82 Å². The van der Waals surface area contributed by atoms with E-state index in [0.29, 0.717) is 17.4 Å². The molecular formula is C19H25FN2O. The third kappa shape index (κ3) is 3.69. The Bertz CT molecular complexity index is 661. The summed E-state index contributed by atoms with van der Waals surface area (Å²) in [5, 5.41) is 0. The molecule has 1 saturated carbocycles. The van der Waals surface area contributed by atoms with Gasteiger partial charge in [-0.1, -0.05) is 13.0 Å². The number of ether oxygens (including phenoxy) is 1. The van der Waals surface area contributed by atoms with Crippen LogP contribution in [0.5, 0.6) is 0 Å². The number of halogens is 1. The van der Waals surface area contributed by atoms with Crippen LogP contribution in [0, 0.1) is 17.7 Å². The van der Waals surface area contributed by atoms with Gasteiger partial charge in [0.05, 0.1) is 5.52 Å². The van der Waals surface area contributed by atoms with Gasteiger partial charge in [-0.25, -0.2) is 9.37 Å². The van der Waals surface area contributed by atoms with Crippen molar-refractivity contribution >= 4 is 11.0 Å². The molecule has 0 N–H and O–H groups in total. The number of fused-ring (bicyclic) bond motifs is 1. The van der Waals surface area contributed by atoms with Gasteiger partial charge >= 0.3 is 0 Å². The van der Waals surface area contributed by atoms with Crippen molar-refractivity contribution < 1.29 is 9.13 Å². The van der Waals surface area contributed by atoms with E-state index in [1.807, 2.05) is 6.07 Å². The van der Waals surface area contributed by atoms with E-state index in [1.165, 1.54) is 12.8 Å². The zero-order valence-corrected chi connectivity index (χ0v) is 14.0. The highest BCUT2D eigenvalue weighted by Gasteiger charge is 2.29. The molecule has 0 saturated heterocycles. The van der Waals surface area contributed by atoms with Gasteiger partial charge in [0.1, 0.15) is 5.52 Å². The zero-order chi connectivity index (χ0) is 16.2. The summed E-state index contributed by atoms with van der Waals surface area (Å²) >= 11 is 0. The number of hydrogen-bond acceptors (Lipinski definition) is 3. The van der Waals surface area contributed by atoms with E-state index in [-0.39, 0.29) is 5.82 Å². The maximum absolute atomic E-state index is 14.0. The largest absolute Gasteiger partial charge is 0.385 e. The topological polar surface area (TPSA) is 35.0 Å². The minimum atomic E-state index is -0.280. The average molecular weight is 316 g/mol. The number of nitrogens with zero attached hydrogens (tertiary/aromatic N) is 2. The molecule has 1 aromatic heterocycles. The van der Waals surface area contributed by atoms with E-state index in [2.05, 4.69) is 16.9 Å². The first kappa shape index (κ1) is 16.3. The quantitative estimate of drug-likeness (QED) is 0.749. The lowest BCUT2D eigenvalue weighted by Gasteiger charge is -2.34. The van der Waals surface area contributed by atoms with Crippen molar-refractivity contribution in [1.82, 2.24) is 9.97 Å². The van der Waals surface area contributed by atoms with Crippen LogP contribution in [0.4, 0.5) is 4.39 Å². The molecular weight excluding hydrogens is 291 g/mol. The van der Waals surface area contributed by atoms with Crippen LogP contribution in [0.1, 0.15) is 50.5 Å². The first-order valence-electron chi connectivity index (χ1n) is 8.57. The van der Waals surface area contributed by atoms with Crippen molar-refractivity contribution in [2.24, 2.45) is 11.8 Å². The Kier molecular flexibility index (Phi) is 5.21. The van der Waals surface area contributed by atoms with Gasteiger partial charge in [-0.05, 0) is 61.5 Å². The normalized spacial score (nSPS) is 24.9. The van der Waals surface area contributed by atoms with Crippen molar-refractivity contribution in [3.8, 4) is 0 Å². The van der Waals surface area contributed by atoms with E-state index < -0.39 is 0 Å². The van der Waals surface area contributed by atoms with Gasteiger partial charge in [-0.2, -0.15) is 0 Å². The predicted molar refractivity (Wildman–Crippen MR) is 89.9 cm³/mol. The number of methoxy groups -OCH3 is 1. The minimum absolute atomic E-state index is 0.280. The first-order chi connectivity index (χ1) is 11.2. The molecule has 0 bridgehead atoms. The molecule has 1 aliphatic carbocycles. The summed E-state index contributed by atoms with van der Waals surface area (Å²) in [5.41, 5.74) is 2.30. The van der Waals surface area contributed by atoms with Gasteiger partial charge in [-0.15, -0.1) is 0 Å². The number of hydrogen-bond donors (Lipinski definition) is 0. The molecule has 2 aromatic rings. The molecule has 3 rings (SSSR count). The molecule has 0 amide bonds. The fourth-order valence-electron chi connectivity index (χ4n) is 4.13. The average Bonchev–Trinajstić information content (AvgIpc) is 2.55. The van der Waals surface area contributed by atoms with E-state index in [9.17, 15) is 4.39 Å². The van der Waals surface area contributed by atoms with Crippen LogP contribution in [0.2, 0.25) is 0 Å². The van der Waals surface area contributed by atoms with Crippen molar-refractivity contribution in [1.29, 1.82) is 0 Å². The molecule has 3 atom stereocenters. The lowest BCUT2D eigenvalue weighted by molar-refractivity contribution is 0.171. The first-order valence-corrected chi connectivity index (χ1v) is 8.57. The second kappa shape index (κ2) is 7.35. The third-order valence-corrected chi connectivity index (χ3v) is 5.05. The van der Waals surface area contributed by atoms with Gasteiger partial charge < -0.3 is 4.74 Å². The summed E-state index contributed by atoms with van der Waals surface area (Å²) in [5.74, 6) is 1.58. The molecule has 23 heavy (non-hydrogen) atoms. The van der Waals surface area contributed by atoms with E-state index in [1.54, 1.807) is 25.6 Å². The lowest BCUT2D eigenvalue weighted by atomic mass is 9.72. The van der Waals surface area contributed by atoms with Crippen molar-refractivity contribution in [2.75, 3.05) is 13.7 Å².